The van der Waals surface area contributed by atoms with E-state index in [-0.39, 0.29) is 5.91 Å². The average Bonchev–Trinajstić information content (AvgIpc) is 3.33. The van der Waals surface area contributed by atoms with Gasteiger partial charge in [0.25, 0.3) is 5.91 Å². The van der Waals surface area contributed by atoms with Crippen molar-refractivity contribution in [2.75, 3.05) is 27.3 Å². The SMILES string of the molecule is COc1cccc(OC)c1C(=O)N1CCC(c2c[nH]c3ccccc23)C1. The highest BCUT2D eigenvalue weighted by atomic mass is 16.5. The number of aromatic amines is 1. The molecule has 1 aliphatic rings. The molecule has 0 bridgehead atoms. The van der Waals surface area contributed by atoms with Crippen LogP contribution in [0.1, 0.15) is 28.3 Å². The molecule has 1 aliphatic heterocycles. The maximum atomic E-state index is 13.1. The highest BCUT2D eigenvalue weighted by Crippen LogP contribution is 2.35. The van der Waals surface area contributed by atoms with Gasteiger partial charge in [-0.05, 0) is 30.2 Å². The zero-order valence-corrected chi connectivity index (χ0v) is 15.0. The molecule has 1 N–H and O–H groups in total. The number of hydrogen-bond acceptors (Lipinski definition) is 3. The molecule has 1 amide bonds. The van der Waals surface area contributed by atoms with Crippen LogP contribution in [0.25, 0.3) is 10.9 Å². The molecular weight excluding hydrogens is 328 g/mol. The number of para-hydroxylation sites is 1. The number of carbonyl (C=O) groups is 1. The van der Waals surface area contributed by atoms with E-state index in [0.717, 1.165) is 18.5 Å². The fourth-order valence-electron chi connectivity index (χ4n) is 3.85. The van der Waals surface area contributed by atoms with Crippen molar-refractivity contribution in [2.45, 2.75) is 12.3 Å². The number of methoxy groups -OCH3 is 2. The average molecular weight is 350 g/mol. The Bertz CT molecular complexity index is 925. The summed E-state index contributed by atoms with van der Waals surface area (Å²) in [5.74, 6) is 1.38. The molecule has 1 fully saturated rings. The first-order valence-electron chi connectivity index (χ1n) is 8.79. The van der Waals surface area contributed by atoms with Crippen LogP contribution in [0.2, 0.25) is 0 Å². The Morgan fingerprint density at radius 3 is 2.54 bits per heavy atom. The molecule has 26 heavy (non-hydrogen) atoms. The van der Waals surface area contributed by atoms with Gasteiger partial charge in [0, 0.05) is 36.1 Å². The molecule has 1 atom stereocenters. The minimum absolute atomic E-state index is 0.0401. The molecule has 0 aliphatic carbocycles. The summed E-state index contributed by atoms with van der Waals surface area (Å²) in [7, 11) is 3.15. The van der Waals surface area contributed by atoms with E-state index in [0.29, 0.717) is 29.5 Å². The minimum atomic E-state index is -0.0401. The summed E-state index contributed by atoms with van der Waals surface area (Å²) in [6, 6.07) is 13.7. The van der Waals surface area contributed by atoms with Gasteiger partial charge < -0.3 is 19.4 Å². The van der Waals surface area contributed by atoms with E-state index < -0.39 is 0 Å². The van der Waals surface area contributed by atoms with Crippen LogP contribution in [0, 0.1) is 0 Å². The summed E-state index contributed by atoms with van der Waals surface area (Å²) in [6.07, 6.45) is 3.03. The van der Waals surface area contributed by atoms with E-state index in [1.54, 1.807) is 26.4 Å². The lowest BCUT2D eigenvalue weighted by Crippen LogP contribution is -2.29. The number of nitrogens with zero attached hydrogens (tertiary/aromatic N) is 1. The number of H-pyrrole nitrogens is 1. The lowest BCUT2D eigenvalue weighted by molar-refractivity contribution is 0.0784. The number of amides is 1. The zero-order chi connectivity index (χ0) is 18.1. The highest BCUT2D eigenvalue weighted by Gasteiger charge is 2.32. The fraction of sp³-hybridized carbons (Fsp3) is 0.286. The second kappa shape index (κ2) is 6.75. The standard InChI is InChI=1S/C21H22N2O3/c1-25-18-8-5-9-19(26-2)20(18)21(24)23-11-10-14(13-23)16-12-22-17-7-4-3-6-15(16)17/h3-9,12,14,22H,10-11,13H2,1-2H3. The number of benzene rings is 2. The Balaban J connectivity index is 1.61. The highest BCUT2D eigenvalue weighted by molar-refractivity contribution is 6.00. The van der Waals surface area contributed by atoms with Gasteiger partial charge in [-0.25, -0.2) is 0 Å². The van der Waals surface area contributed by atoms with E-state index in [1.807, 2.05) is 17.0 Å². The van der Waals surface area contributed by atoms with Crippen LogP contribution < -0.4 is 9.47 Å². The van der Waals surface area contributed by atoms with E-state index in [4.69, 9.17) is 9.47 Å². The normalized spacial score (nSPS) is 16.8. The Hall–Kier alpha value is -2.95. The number of hydrogen-bond donors (Lipinski definition) is 1. The Labute approximate surface area is 152 Å². The number of ether oxygens (including phenoxy) is 2. The third kappa shape index (κ3) is 2.69. The van der Waals surface area contributed by atoms with Crippen LogP contribution in [0.4, 0.5) is 0 Å². The third-order valence-corrected chi connectivity index (χ3v) is 5.18. The van der Waals surface area contributed by atoms with Gasteiger partial charge in [0.1, 0.15) is 17.1 Å². The molecule has 134 valence electrons. The van der Waals surface area contributed by atoms with E-state index in [9.17, 15) is 4.79 Å². The van der Waals surface area contributed by atoms with E-state index in [1.165, 1.54) is 10.9 Å². The van der Waals surface area contributed by atoms with Crippen molar-refractivity contribution < 1.29 is 14.3 Å². The van der Waals surface area contributed by atoms with Crippen molar-refractivity contribution >= 4 is 16.8 Å². The Morgan fingerprint density at radius 2 is 1.81 bits per heavy atom. The van der Waals surface area contributed by atoms with E-state index >= 15 is 0 Å². The van der Waals surface area contributed by atoms with E-state index in [2.05, 4.69) is 29.4 Å². The topological polar surface area (TPSA) is 54.6 Å². The molecule has 1 saturated heterocycles. The Kier molecular flexibility index (Phi) is 4.29. The summed E-state index contributed by atoms with van der Waals surface area (Å²) in [5, 5.41) is 1.24. The molecule has 5 heteroatoms. The molecule has 3 aromatic rings. The fourth-order valence-corrected chi connectivity index (χ4v) is 3.85. The first-order chi connectivity index (χ1) is 12.7. The molecule has 2 aromatic carbocycles. The molecule has 1 aromatic heterocycles. The van der Waals surface area contributed by atoms with Crippen molar-refractivity contribution in [3.8, 4) is 11.5 Å². The van der Waals surface area contributed by atoms with Gasteiger partial charge in [0.2, 0.25) is 0 Å². The van der Waals surface area contributed by atoms with Gasteiger partial charge in [-0.1, -0.05) is 24.3 Å². The van der Waals surface area contributed by atoms with Crippen molar-refractivity contribution in [3.05, 3.63) is 59.8 Å². The summed E-state index contributed by atoms with van der Waals surface area (Å²) in [6.45, 7) is 1.42. The molecule has 4 rings (SSSR count). The molecule has 0 radical (unpaired) electrons. The summed E-state index contributed by atoms with van der Waals surface area (Å²) < 4.78 is 10.8. The third-order valence-electron chi connectivity index (χ3n) is 5.18. The predicted octanol–water partition coefficient (Wildman–Crippen LogP) is 3.81. The molecular formula is C21H22N2O3. The lowest BCUT2D eigenvalue weighted by atomic mass is 9.98. The number of fused-ring (bicyclic) bond motifs is 1. The van der Waals surface area contributed by atoms with Crippen LogP contribution in [-0.4, -0.2) is 43.1 Å². The van der Waals surface area contributed by atoms with Gasteiger partial charge in [0.15, 0.2) is 0 Å². The lowest BCUT2D eigenvalue weighted by Gasteiger charge is -2.20. The van der Waals surface area contributed by atoms with Gasteiger partial charge in [-0.15, -0.1) is 0 Å². The molecule has 1 unspecified atom stereocenters. The van der Waals surface area contributed by atoms with Crippen LogP contribution >= 0.6 is 0 Å². The van der Waals surface area contributed by atoms with Gasteiger partial charge in [-0.2, -0.15) is 0 Å². The van der Waals surface area contributed by atoms with Crippen molar-refractivity contribution in [1.82, 2.24) is 9.88 Å². The zero-order valence-electron chi connectivity index (χ0n) is 15.0. The summed E-state index contributed by atoms with van der Waals surface area (Å²) in [5.41, 5.74) is 2.92. The number of likely N-dealkylation sites (tertiary alicyclic amines) is 1. The van der Waals surface area contributed by atoms with Crippen LogP contribution in [0.5, 0.6) is 11.5 Å². The summed E-state index contributed by atoms with van der Waals surface area (Å²) in [4.78, 5) is 18.4. The summed E-state index contributed by atoms with van der Waals surface area (Å²) >= 11 is 0. The predicted molar refractivity (Wildman–Crippen MR) is 101 cm³/mol. The maximum Gasteiger partial charge on any atom is 0.261 e. The second-order valence-electron chi connectivity index (χ2n) is 6.56. The first-order valence-corrected chi connectivity index (χ1v) is 8.79. The molecule has 0 saturated carbocycles. The minimum Gasteiger partial charge on any atom is -0.496 e. The number of carbonyl (C=O) groups excluding carboxylic acids is 1. The number of aromatic nitrogens is 1. The maximum absolute atomic E-state index is 13.1. The first kappa shape index (κ1) is 16.5. The number of nitrogens with one attached hydrogen (secondary N) is 1. The van der Waals surface area contributed by atoms with Crippen LogP contribution in [0.3, 0.4) is 0 Å². The van der Waals surface area contributed by atoms with Gasteiger partial charge in [0.05, 0.1) is 14.2 Å². The monoisotopic (exact) mass is 350 g/mol. The van der Waals surface area contributed by atoms with Crippen molar-refractivity contribution in [3.63, 3.8) is 0 Å². The van der Waals surface area contributed by atoms with Crippen LogP contribution in [0.15, 0.2) is 48.7 Å². The van der Waals surface area contributed by atoms with Gasteiger partial charge in [-0.3, -0.25) is 4.79 Å². The molecule has 5 nitrogen and oxygen atoms in total. The van der Waals surface area contributed by atoms with Crippen LogP contribution in [-0.2, 0) is 0 Å². The van der Waals surface area contributed by atoms with Gasteiger partial charge >= 0.3 is 0 Å². The number of rotatable bonds is 4. The second-order valence-corrected chi connectivity index (χ2v) is 6.56. The van der Waals surface area contributed by atoms with Crippen molar-refractivity contribution in [2.24, 2.45) is 0 Å². The molecule has 2 heterocycles. The van der Waals surface area contributed by atoms with Crippen molar-refractivity contribution in [1.29, 1.82) is 0 Å². The largest absolute Gasteiger partial charge is 0.496 e. The Morgan fingerprint density at radius 1 is 1.08 bits per heavy atom. The molecule has 0 spiro atoms. The smallest absolute Gasteiger partial charge is 0.261 e. The quantitative estimate of drug-likeness (QED) is 0.778.